The first-order valence-corrected chi connectivity index (χ1v) is 24.7. The van der Waals surface area contributed by atoms with Crippen LogP contribution in [0.25, 0.3) is 93.6 Å². The monoisotopic (exact) mass is 880 g/mol. The molecule has 0 saturated carbocycles. The highest BCUT2D eigenvalue weighted by atomic mass is 16.3. The van der Waals surface area contributed by atoms with E-state index in [9.17, 15) is 0 Å². The second-order valence-corrected chi connectivity index (χ2v) is 23.5. The van der Waals surface area contributed by atoms with Gasteiger partial charge in [0.1, 0.15) is 22.3 Å². The van der Waals surface area contributed by atoms with Gasteiger partial charge in [-0.2, -0.15) is 0 Å². The average Bonchev–Trinajstić information content (AvgIpc) is 4.03. The number of hydrogen-bond acceptors (Lipinski definition) is 3. The molecule has 0 fully saturated rings. The zero-order valence-electron chi connectivity index (χ0n) is 40.4. The van der Waals surface area contributed by atoms with Gasteiger partial charge in [-0.3, -0.25) is 0 Å². The Labute approximate surface area is 397 Å². The third-order valence-corrected chi connectivity index (χ3v) is 17.4. The van der Waals surface area contributed by atoms with E-state index >= 15 is 0 Å². The number of para-hydroxylation sites is 1. The number of furan rings is 2. The summed E-state index contributed by atoms with van der Waals surface area (Å²) in [6.45, 7) is 21.2. The molecule has 0 spiro atoms. The number of hydrogen-bond donors (Lipinski definition) is 0. The van der Waals surface area contributed by atoms with Crippen LogP contribution in [0.3, 0.4) is 0 Å². The van der Waals surface area contributed by atoms with Crippen LogP contribution in [-0.4, -0.2) is 11.4 Å². The summed E-state index contributed by atoms with van der Waals surface area (Å²) in [7, 11) is 0. The van der Waals surface area contributed by atoms with Crippen molar-refractivity contribution in [1.82, 2.24) is 4.57 Å². The highest BCUT2D eigenvalue weighted by Crippen LogP contribution is 2.54. The van der Waals surface area contributed by atoms with E-state index in [0.717, 1.165) is 45.9 Å². The van der Waals surface area contributed by atoms with Gasteiger partial charge in [0.2, 0.25) is 0 Å². The number of nitrogens with zero attached hydrogens (tertiary/aromatic N) is 2. The van der Waals surface area contributed by atoms with Gasteiger partial charge in [0.25, 0.3) is 0 Å². The molecule has 0 N–H and O–H groups in total. The Hall–Kier alpha value is -6.98. The Bertz CT molecular complexity index is 4110. The van der Waals surface area contributed by atoms with Gasteiger partial charge in [0.05, 0.1) is 11.0 Å². The first-order chi connectivity index (χ1) is 32.6. The number of anilines is 2. The Kier molecular flexibility index (Phi) is 7.11. The van der Waals surface area contributed by atoms with Gasteiger partial charge >= 0.3 is 6.85 Å². The summed E-state index contributed by atoms with van der Waals surface area (Å²) >= 11 is 0. The third kappa shape index (κ3) is 4.82. The molecule has 5 heteroatoms. The molecule has 2 aliphatic heterocycles. The van der Waals surface area contributed by atoms with Crippen LogP contribution in [-0.2, 0) is 21.7 Å². The van der Waals surface area contributed by atoms with E-state index in [-0.39, 0.29) is 28.5 Å². The average molecular weight is 881 g/mol. The first kappa shape index (κ1) is 39.1. The molecule has 11 aromatic rings. The highest BCUT2D eigenvalue weighted by molar-refractivity contribution is 6.94. The molecule has 0 bridgehead atoms. The Morgan fingerprint density at radius 1 is 0.485 bits per heavy atom. The standard InChI is InChI=1S/C63H53BN2O2/c1-60(2,3)34-18-20-35(21-19-34)66-52-30-45-43-27-48-49(62(6,7)25-24-61(48,4)5)32-56(43)68-55(45)31-42(52)38-22-23-39-41-26-47-40(36-14-10-12-16-46(36)63(47,8)9)29-51(41)65-53-33-57-44(37-15-11-13-17-54(37)67-57)28-50(53)64(66)58(38)59(39)65/h10-23,26-33H,24-25H2,1-9H3. The molecule has 4 nitrogen and oxygen atoms in total. The molecule has 68 heavy (non-hydrogen) atoms. The molecule has 2 aliphatic carbocycles. The maximum absolute atomic E-state index is 7.05. The van der Waals surface area contributed by atoms with Crippen molar-refractivity contribution in [3.63, 3.8) is 0 Å². The van der Waals surface area contributed by atoms with Crippen molar-refractivity contribution in [3.05, 3.63) is 161 Å². The molecule has 15 rings (SSSR count). The molecule has 5 heterocycles. The van der Waals surface area contributed by atoms with Crippen molar-refractivity contribution in [3.8, 4) is 27.9 Å². The number of rotatable bonds is 1. The summed E-state index contributed by atoms with van der Waals surface area (Å²) in [6.07, 6.45) is 2.33. The predicted molar refractivity (Wildman–Crippen MR) is 286 cm³/mol. The summed E-state index contributed by atoms with van der Waals surface area (Å²) in [5.41, 5.74) is 24.5. The largest absolute Gasteiger partial charge is 0.456 e. The molecule has 3 aromatic heterocycles. The molecule has 0 unspecified atom stereocenters. The lowest BCUT2D eigenvalue weighted by Gasteiger charge is -2.42. The summed E-state index contributed by atoms with van der Waals surface area (Å²) in [5.74, 6) is 0. The van der Waals surface area contributed by atoms with Crippen LogP contribution >= 0.6 is 0 Å². The lowest BCUT2D eigenvalue weighted by molar-refractivity contribution is 0.332. The van der Waals surface area contributed by atoms with E-state index in [4.69, 9.17) is 8.83 Å². The molecule has 0 radical (unpaired) electrons. The summed E-state index contributed by atoms with van der Waals surface area (Å²) in [4.78, 5) is 2.67. The van der Waals surface area contributed by atoms with Gasteiger partial charge in [0.15, 0.2) is 0 Å². The third-order valence-electron chi connectivity index (χ3n) is 17.4. The van der Waals surface area contributed by atoms with Crippen molar-refractivity contribution in [1.29, 1.82) is 0 Å². The van der Waals surface area contributed by atoms with Crippen molar-refractivity contribution < 1.29 is 8.83 Å². The Balaban J connectivity index is 1.09. The minimum atomic E-state index is -0.140. The fourth-order valence-corrected chi connectivity index (χ4v) is 13.5. The van der Waals surface area contributed by atoms with Crippen molar-refractivity contribution in [2.45, 2.75) is 96.8 Å². The Morgan fingerprint density at radius 2 is 1.15 bits per heavy atom. The van der Waals surface area contributed by atoms with Crippen molar-refractivity contribution in [2.75, 3.05) is 4.81 Å². The minimum Gasteiger partial charge on any atom is -0.456 e. The van der Waals surface area contributed by atoms with E-state index in [1.807, 2.05) is 0 Å². The number of fused-ring (bicyclic) bond motifs is 18. The first-order valence-electron chi connectivity index (χ1n) is 24.7. The Morgan fingerprint density at radius 3 is 1.94 bits per heavy atom. The SMILES string of the molecule is CC(C)(C)c1ccc(N2B3c4cc5c(cc4-n4c6cc7c(cc6c6ccc(c3c64)-c3cc4oc6cc8c(cc6c4cc32)C(C)(C)CCC8(C)C)C(C)(C)c2ccccc2-7)oc2ccccc25)cc1. The predicted octanol–water partition coefficient (Wildman–Crippen LogP) is 15.8. The maximum Gasteiger partial charge on any atom is 0.333 e. The second kappa shape index (κ2) is 12.4. The number of aromatic nitrogens is 1. The van der Waals surface area contributed by atoms with Crippen LogP contribution in [0, 0.1) is 0 Å². The lowest BCUT2D eigenvalue weighted by atomic mass is 9.44. The van der Waals surface area contributed by atoms with Crippen LogP contribution in [0.4, 0.5) is 11.4 Å². The maximum atomic E-state index is 7.05. The second-order valence-electron chi connectivity index (χ2n) is 23.5. The summed E-state index contributed by atoms with van der Waals surface area (Å²) < 4.78 is 16.4. The van der Waals surface area contributed by atoms with Crippen LogP contribution in [0.15, 0.2) is 142 Å². The van der Waals surface area contributed by atoms with Gasteiger partial charge in [-0.1, -0.05) is 135 Å². The quantitative estimate of drug-likeness (QED) is 0.154. The van der Waals surface area contributed by atoms with Crippen LogP contribution in [0.1, 0.15) is 103 Å². The van der Waals surface area contributed by atoms with E-state index in [2.05, 4.69) is 205 Å². The van der Waals surface area contributed by atoms with Crippen LogP contribution < -0.4 is 15.7 Å². The fraction of sp³-hybridized carbons (Fsp3) is 0.238. The topological polar surface area (TPSA) is 34.5 Å². The van der Waals surface area contributed by atoms with Crippen molar-refractivity contribution >= 4 is 94.8 Å². The molecule has 330 valence electrons. The molecular formula is C63H53BN2O2. The van der Waals surface area contributed by atoms with Crippen LogP contribution in [0.2, 0.25) is 0 Å². The van der Waals surface area contributed by atoms with Crippen molar-refractivity contribution in [2.24, 2.45) is 0 Å². The van der Waals surface area contributed by atoms with Gasteiger partial charge in [0, 0.05) is 66.4 Å². The normalized spacial score (nSPS) is 17.1. The van der Waals surface area contributed by atoms with Gasteiger partial charge in [-0.25, -0.2) is 0 Å². The van der Waals surface area contributed by atoms with Gasteiger partial charge in [-0.15, -0.1) is 0 Å². The zero-order valence-corrected chi connectivity index (χ0v) is 40.4. The molecule has 0 saturated heterocycles. The summed E-state index contributed by atoms with van der Waals surface area (Å²) in [6, 6.07) is 51.3. The number of benzene rings is 8. The van der Waals surface area contributed by atoms with E-state index < -0.39 is 0 Å². The zero-order chi connectivity index (χ0) is 46.1. The highest BCUT2D eigenvalue weighted by Gasteiger charge is 2.46. The molecular weight excluding hydrogens is 828 g/mol. The fourth-order valence-electron chi connectivity index (χ4n) is 13.5. The summed E-state index contributed by atoms with van der Waals surface area (Å²) in [5, 5.41) is 7.21. The minimum absolute atomic E-state index is 0.0160. The van der Waals surface area contributed by atoms with Gasteiger partial charge < -0.3 is 18.2 Å². The van der Waals surface area contributed by atoms with Crippen LogP contribution in [0.5, 0.6) is 0 Å². The smallest absolute Gasteiger partial charge is 0.333 e. The molecule has 8 aromatic carbocycles. The molecule has 4 aliphatic rings. The lowest BCUT2D eigenvalue weighted by Crippen LogP contribution is -2.60. The van der Waals surface area contributed by atoms with E-state index in [1.165, 1.54) is 111 Å². The molecule has 0 amide bonds. The van der Waals surface area contributed by atoms with E-state index in [1.54, 1.807) is 0 Å². The molecule has 0 atom stereocenters. The van der Waals surface area contributed by atoms with E-state index in [0.29, 0.717) is 0 Å². The van der Waals surface area contributed by atoms with Gasteiger partial charge in [-0.05, 0) is 139 Å².